The van der Waals surface area contributed by atoms with Crippen molar-refractivity contribution in [1.82, 2.24) is 9.97 Å². The summed E-state index contributed by atoms with van der Waals surface area (Å²) in [5, 5.41) is 4.70. The molecule has 31 heavy (non-hydrogen) atoms. The first-order chi connectivity index (χ1) is 14.9. The zero-order chi connectivity index (χ0) is 22.1. The molecule has 1 amide bonds. The molecule has 1 fully saturated rings. The average molecular weight is 463 g/mol. The summed E-state index contributed by atoms with van der Waals surface area (Å²) >= 11 is 13.1. The van der Waals surface area contributed by atoms with Gasteiger partial charge in [0.05, 0.1) is 30.0 Å². The van der Waals surface area contributed by atoms with Crippen LogP contribution in [0.1, 0.15) is 12.8 Å². The SMILES string of the molecule is COc1cc(OC)c(Cl)c(-c2cc3cnc(N)cc3c(NC(=O)C3CCCO3)n2)c1Cl. The van der Waals surface area contributed by atoms with Crippen molar-refractivity contribution in [3.8, 4) is 22.8 Å². The van der Waals surface area contributed by atoms with Crippen LogP contribution in [0.4, 0.5) is 11.6 Å². The highest BCUT2D eigenvalue weighted by molar-refractivity contribution is 6.41. The van der Waals surface area contributed by atoms with Crippen LogP contribution in [0.2, 0.25) is 10.0 Å². The molecule has 1 aromatic carbocycles. The summed E-state index contributed by atoms with van der Waals surface area (Å²) in [5.41, 5.74) is 6.69. The molecule has 0 saturated carbocycles. The first-order valence-electron chi connectivity index (χ1n) is 9.52. The lowest BCUT2D eigenvalue weighted by molar-refractivity contribution is -0.124. The minimum absolute atomic E-state index is 0.264. The molecule has 0 aliphatic carbocycles. The van der Waals surface area contributed by atoms with Crippen LogP contribution < -0.4 is 20.5 Å². The fourth-order valence-corrected chi connectivity index (χ4v) is 4.17. The number of benzene rings is 1. The second-order valence-corrected chi connectivity index (χ2v) is 7.72. The van der Waals surface area contributed by atoms with E-state index in [1.165, 1.54) is 14.2 Å². The standard InChI is InChI=1S/C21H20Cl2N4O4/c1-29-14-8-15(30-2)19(23)17(18(14)22)12-6-10-9-25-16(24)7-11(10)20(26-12)27-21(28)13-4-3-5-31-13/h6-9,13H,3-5H2,1-2H3,(H2,24,25)(H,26,27,28). The molecule has 1 aliphatic heterocycles. The number of fused-ring (bicyclic) bond motifs is 1. The van der Waals surface area contributed by atoms with Crippen LogP contribution in [0.5, 0.6) is 11.5 Å². The number of carbonyl (C=O) groups excluding carboxylic acids is 1. The van der Waals surface area contributed by atoms with Crippen LogP contribution >= 0.6 is 23.2 Å². The third-order valence-corrected chi connectivity index (χ3v) is 5.78. The van der Waals surface area contributed by atoms with Gasteiger partial charge >= 0.3 is 0 Å². The van der Waals surface area contributed by atoms with E-state index in [1.54, 1.807) is 24.4 Å². The Morgan fingerprint density at radius 1 is 1.19 bits per heavy atom. The Morgan fingerprint density at radius 2 is 1.90 bits per heavy atom. The Kier molecular flexibility index (Phi) is 6.04. The fraction of sp³-hybridized carbons (Fsp3) is 0.286. The van der Waals surface area contributed by atoms with Crippen molar-refractivity contribution in [2.24, 2.45) is 0 Å². The molecule has 0 radical (unpaired) electrons. The van der Waals surface area contributed by atoms with Gasteiger partial charge in [-0.3, -0.25) is 4.79 Å². The Balaban J connectivity index is 1.90. The third-order valence-electron chi connectivity index (χ3n) is 5.03. The van der Waals surface area contributed by atoms with Gasteiger partial charge < -0.3 is 25.3 Å². The van der Waals surface area contributed by atoms with Gasteiger partial charge in [0.15, 0.2) is 0 Å². The molecule has 10 heteroatoms. The molecular weight excluding hydrogens is 443 g/mol. The Hall–Kier alpha value is -2.81. The van der Waals surface area contributed by atoms with Gasteiger partial charge in [-0.05, 0) is 25.0 Å². The van der Waals surface area contributed by atoms with Gasteiger partial charge in [-0.2, -0.15) is 0 Å². The third kappa shape index (κ3) is 4.06. The van der Waals surface area contributed by atoms with E-state index in [9.17, 15) is 4.79 Å². The summed E-state index contributed by atoms with van der Waals surface area (Å²) < 4.78 is 16.2. The highest BCUT2D eigenvalue weighted by atomic mass is 35.5. The number of carbonyl (C=O) groups is 1. The van der Waals surface area contributed by atoms with Gasteiger partial charge in [-0.25, -0.2) is 9.97 Å². The topological polar surface area (TPSA) is 109 Å². The lowest BCUT2D eigenvalue weighted by Crippen LogP contribution is -2.27. The zero-order valence-corrected chi connectivity index (χ0v) is 18.4. The van der Waals surface area contributed by atoms with Crippen molar-refractivity contribution >= 4 is 51.5 Å². The second kappa shape index (κ2) is 8.74. The van der Waals surface area contributed by atoms with Crippen molar-refractivity contribution in [1.29, 1.82) is 0 Å². The molecule has 1 aliphatic rings. The lowest BCUT2D eigenvalue weighted by Gasteiger charge is -2.17. The molecule has 0 bridgehead atoms. The first-order valence-corrected chi connectivity index (χ1v) is 10.3. The summed E-state index contributed by atoms with van der Waals surface area (Å²) in [5.74, 6) is 1.07. The molecular formula is C21H20Cl2N4O4. The van der Waals surface area contributed by atoms with Crippen LogP contribution in [0.15, 0.2) is 24.4 Å². The number of ether oxygens (including phenoxy) is 3. The van der Waals surface area contributed by atoms with Gasteiger partial charge in [0.2, 0.25) is 0 Å². The molecule has 2 aromatic heterocycles. The minimum atomic E-state index is -0.524. The highest BCUT2D eigenvalue weighted by Gasteiger charge is 2.26. The molecule has 1 saturated heterocycles. The van der Waals surface area contributed by atoms with Crippen molar-refractivity contribution in [2.75, 3.05) is 31.9 Å². The summed E-state index contributed by atoms with van der Waals surface area (Å²) in [6.45, 7) is 0.554. The highest BCUT2D eigenvalue weighted by Crippen LogP contribution is 2.46. The van der Waals surface area contributed by atoms with E-state index in [0.717, 1.165) is 6.42 Å². The van der Waals surface area contributed by atoms with E-state index in [4.69, 9.17) is 43.1 Å². The largest absolute Gasteiger partial charge is 0.495 e. The van der Waals surface area contributed by atoms with Crippen molar-refractivity contribution in [2.45, 2.75) is 18.9 Å². The Morgan fingerprint density at radius 3 is 2.52 bits per heavy atom. The van der Waals surface area contributed by atoms with Crippen LogP contribution in [0.3, 0.4) is 0 Å². The Labute approximate surface area is 188 Å². The quantitative estimate of drug-likeness (QED) is 0.580. The summed E-state index contributed by atoms with van der Waals surface area (Å²) in [7, 11) is 2.98. The predicted molar refractivity (Wildman–Crippen MR) is 120 cm³/mol. The van der Waals surface area contributed by atoms with Crippen LogP contribution in [0.25, 0.3) is 22.0 Å². The van der Waals surface area contributed by atoms with Crippen molar-refractivity contribution < 1.29 is 19.0 Å². The number of aromatic nitrogens is 2. The van der Waals surface area contributed by atoms with Gasteiger partial charge in [-0.1, -0.05) is 23.2 Å². The van der Waals surface area contributed by atoms with Gasteiger partial charge in [0, 0.05) is 35.2 Å². The number of rotatable bonds is 5. The summed E-state index contributed by atoms with van der Waals surface area (Å²) in [4.78, 5) is 21.5. The molecule has 0 spiro atoms. The number of nitrogen functional groups attached to an aromatic ring is 1. The van der Waals surface area contributed by atoms with E-state index in [2.05, 4.69) is 15.3 Å². The first kappa shape index (κ1) is 21.4. The van der Waals surface area contributed by atoms with E-state index in [-0.39, 0.29) is 16.0 Å². The molecule has 4 rings (SSSR count). The number of nitrogens with zero attached hydrogens (tertiary/aromatic N) is 2. The van der Waals surface area contributed by atoms with E-state index in [0.29, 0.717) is 58.2 Å². The predicted octanol–water partition coefficient (Wildman–Crippen LogP) is 4.32. The zero-order valence-electron chi connectivity index (χ0n) is 16.9. The number of hydrogen-bond acceptors (Lipinski definition) is 7. The molecule has 1 unspecified atom stereocenters. The van der Waals surface area contributed by atoms with Gasteiger partial charge in [0.1, 0.15) is 29.2 Å². The van der Waals surface area contributed by atoms with E-state index in [1.807, 2.05) is 0 Å². The maximum Gasteiger partial charge on any atom is 0.254 e. The van der Waals surface area contributed by atoms with E-state index >= 15 is 0 Å². The number of halogens is 2. The summed E-state index contributed by atoms with van der Waals surface area (Å²) in [6.07, 6.45) is 2.55. The van der Waals surface area contributed by atoms with Crippen molar-refractivity contribution in [3.63, 3.8) is 0 Å². The van der Waals surface area contributed by atoms with Crippen LogP contribution in [0, 0.1) is 0 Å². The molecule has 3 N–H and O–H groups in total. The molecule has 8 nitrogen and oxygen atoms in total. The fourth-order valence-electron chi connectivity index (χ4n) is 3.48. The van der Waals surface area contributed by atoms with E-state index < -0.39 is 6.10 Å². The van der Waals surface area contributed by atoms with Crippen LogP contribution in [-0.2, 0) is 9.53 Å². The van der Waals surface area contributed by atoms with Gasteiger partial charge in [0.25, 0.3) is 5.91 Å². The molecule has 3 heterocycles. The Bertz CT molecular complexity index is 1140. The monoisotopic (exact) mass is 462 g/mol. The lowest BCUT2D eigenvalue weighted by atomic mass is 10.1. The number of nitrogens with one attached hydrogen (secondary N) is 1. The average Bonchev–Trinajstić information content (AvgIpc) is 3.30. The maximum absolute atomic E-state index is 12.7. The molecule has 1 atom stereocenters. The van der Waals surface area contributed by atoms with Crippen molar-refractivity contribution in [3.05, 3.63) is 34.4 Å². The number of anilines is 2. The number of hydrogen-bond donors (Lipinski definition) is 2. The number of nitrogens with two attached hydrogens (primary N) is 1. The number of methoxy groups -OCH3 is 2. The smallest absolute Gasteiger partial charge is 0.254 e. The second-order valence-electron chi connectivity index (χ2n) is 6.96. The maximum atomic E-state index is 12.7. The minimum Gasteiger partial charge on any atom is -0.495 e. The normalized spacial score (nSPS) is 15.8. The van der Waals surface area contributed by atoms with Crippen LogP contribution in [-0.4, -0.2) is 42.8 Å². The summed E-state index contributed by atoms with van der Waals surface area (Å²) in [6, 6.07) is 5.00. The number of amides is 1. The number of pyridine rings is 2. The molecule has 162 valence electrons. The molecule has 3 aromatic rings. The van der Waals surface area contributed by atoms with Gasteiger partial charge in [-0.15, -0.1) is 0 Å².